The molecule has 4 heteroatoms. The number of fused-ring (bicyclic) bond motifs is 1. The number of carbonyl (C=O) groups excluding carboxylic acids is 1. The fraction of sp³-hybridized carbons (Fsp3) is 0.273. The van der Waals surface area contributed by atoms with Crippen LogP contribution in [0.3, 0.4) is 0 Å². The van der Waals surface area contributed by atoms with Crippen LogP contribution in [0.25, 0.3) is 10.8 Å². The molecule has 134 valence electrons. The molecule has 1 aromatic heterocycles. The average molecular weight is 347 g/mol. The molecular weight excluding hydrogens is 322 g/mol. The van der Waals surface area contributed by atoms with E-state index in [2.05, 4.69) is 24.0 Å². The van der Waals surface area contributed by atoms with Gasteiger partial charge < -0.3 is 9.47 Å². The molecule has 0 amide bonds. The van der Waals surface area contributed by atoms with Crippen LogP contribution in [0.2, 0.25) is 0 Å². The summed E-state index contributed by atoms with van der Waals surface area (Å²) in [5, 5.41) is 2.30. The van der Waals surface area contributed by atoms with Gasteiger partial charge in [0.2, 0.25) is 0 Å². The molecule has 0 radical (unpaired) electrons. The summed E-state index contributed by atoms with van der Waals surface area (Å²) in [6.45, 7) is 7.30. The van der Waals surface area contributed by atoms with Crippen molar-refractivity contribution in [2.24, 2.45) is 4.99 Å². The molecule has 0 bridgehead atoms. The first-order chi connectivity index (χ1) is 12.5. The van der Waals surface area contributed by atoms with Gasteiger partial charge in [0.15, 0.2) is 5.78 Å². The molecule has 0 aliphatic heterocycles. The monoisotopic (exact) mass is 347 g/mol. The predicted octanol–water partition coefficient (Wildman–Crippen LogP) is 4.75. The van der Waals surface area contributed by atoms with Crippen LogP contribution in [0.4, 0.5) is 5.69 Å². The second kappa shape index (κ2) is 7.56. The van der Waals surface area contributed by atoms with E-state index >= 15 is 0 Å². The topological polar surface area (TPSA) is 37.6 Å². The molecule has 3 aromatic rings. The fourth-order valence-electron chi connectivity index (χ4n) is 2.97. The first-order valence-corrected chi connectivity index (χ1v) is 8.91. The minimum atomic E-state index is 0.118. The van der Waals surface area contributed by atoms with Crippen LogP contribution in [0.15, 0.2) is 53.8 Å². The maximum Gasteiger partial charge on any atom is 0.182 e. The molecule has 0 fully saturated rings. The Morgan fingerprint density at radius 2 is 1.77 bits per heavy atom. The highest BCUT2D eigenvalue weighted by molar-refractivity contribution is 5.98. The zero-order chi connectivity index (χ0) is 18.7. The molecule has 0 unspecified atom stereocenters. The SMILES string of the molecule is CCN(C)/C=N/c1cc(C)c(C(=O)Cn2cc3ccccc3c2)cc1C. The Morgan fingerprint density at radius 3 is 2.38 bits per heavy atom. The average Bonchev–Trinajstić information content (AvgIpc) is 3.03. The molecule has 0 spiro atoms. The number of carbonyl (C=O) groups is 1. The lowest BCUT2D eigenvalue weighted by Gasteiger charge is -2.11. The van der Waals surface area contributed by atoms with Gasteiger partial charge >= 0.3 is 0 Å². The number of benzene rings is 2. The first kappa shape index (κ1) is 17.9. The van der Waals surface area contributed by atoms with Crippen molar-refractivity contribution in [2.75, 3.05) is 13.6 Å². The van der Waals surface area contributed by atoms with Gasteiger partial charge in [-0.1, -0.05) is 24.3 Å². The lowest BCUT2D eigenvalue weighted by atomic mass is 10.0. The van der Waals surface area contributed by atoms with Crippen LogP contribution in [-0.2, 0) is 6.54 Å². The number of hydrogen-bond donors (Lipinski definition) is 0. The number of hydrogen-bond acceptors (Lipinski definition) is 2. The van der Waals surface area contributed by atoms with Gasteiger partial charge in [0, 0.05) is 31.5 Å². The second-order valence-corrected chi connectivity index (χ2v) is 6.75. The van der Waals surface area contributed by atoms with Gasteiger partial charge in [-0.15, -0.1) is 0 Å². The second-order valence-electron chi connectivity index (χ2n) is 6.75. The number of aromatic nitrogens is 1. The van der Waals surface area contributed by atoms with Crippen molar-refractivity contribution in [1.29, 1.82) is 0 Å². The van der Waals surface area contributed by atoms with Gasteiger partial charge in [-0.05, 0) is 54.8 Å². The summed E-state index contributed by atoms with van der Waals surface area (Å²) in [6, 6.07) is 12.1. The maximum atomic E-state index is 12.8. The van der Waals surface area contributed by atoms with Gasteiger partial charge in [0.25, 0.3) is 0 Å². The van der Waals surface area contributed by atoms with E-state index in [9.17, 15) is 4.79 Å². The first-order valence-electron chi connectivity index (χ1n) is 8.91. The summed E-state index contributed by atoms with van der Waals surface area (Å²) >= 11 is 0. The van der Waals surface area contributed by atoms with Crippen molar-refractivity contribution in [3.63, 3.8) is 0 Å². The van der Waals surface area contributed by atoms with Crippen LogP contribution in [0.1, 0.15) is 28.4 Å². The third-order valence-corrected chi connectivity index (χ3v) is 4.67. The predicted molar refractivity (Wildman–Crippen MR) is 109 cm³/mol. The molecule has 0 saturated carbocycles. The number of Topliss-reactive ketones (excluding diaryl/α,β-unsaturated/α-hetero) is 1. The van der Waals surface area contributed by atoms with E-state index in [0.29, 0.717) is 6.54 Å². The highest BCUT2D eigenvalue weighted by Crippen LogP contribution is 2.24. The Bertz CT molecular complexity index is 936. The lowest BCUT2D eigenvalue weighted by Crippen LogP contribution is -2.14. The van der Waals surface area contributed by atoms with Crippen LogP contribution >= 0.6 is 0 Å². The molecule has 4 nitrogen and oxygen atoms in total. The number of aliphatic imine (C=N–C) groups is 1. The van der Waals surface area contributed by atoms with Gasteiger partial charge in [0.1, 0.15) is 0 Å². The molecule has 0 aliphatic rings. The van der Waals surface area contributed by atoms with E-state index in [-0.39, 0.29) is 5.78 Å². The number of aryl methyl sites for hydroxylation is 2. The third kappa shape index (κ3) is 3.85. The summed E-state index contributed by atoms with van der Waals surface area (Å²) in [4.78, 5) is 19.4. The van der Waals surface area contributed by atoms with Crippen molar-refractivity contribution in [2.45, 2.75) is 27.3 Å². The third-order valence-electron chi connectivity index (χ3n) is 4.67. The normalized spacial score (nSPS) is 11.4. The molecule has 0 saturated heterocycles. The highest BCUT2D eigenvalue weighted by Gasteiger charge is 2.13. The Kier molecular flexibility index (Phi) is 5.21. The van der Waals surface area contributed by atoms with E-state index in [1.807, 2.05) is 73.4 Å². The van der Waals surface area contributed by atoms with Crippen LogP contribution in [-0.4, -0.2) is 35.2 Å². The lowest BCUT2D eigenvalue weighted by molar-refractivity contribution is 0.0972. The Morgan fingerprint density at radius 1 is 1.12 bits per heavy atom. The van der Waals surface area contributed by atoms with Gasteiger partial charge in [0.05, 0.1) is 18.6 Å². The van der Waals surface area contributed by atoms with E-state index in [1.54, 1.807) is 0 Å². The molecule has 0 atom stereocenters. The van der Waals surface area contributed by atoms with Crippen molar-refractivity contribution in [3.8, 4) is 0 Å². The van der Waals surface area contributed by atoms with Crippen LogP contribution in [0, 0.1) is 13.8 Å². The summed E-state index contributed by atoms with van der Waals surface area (Å²) in [7, 11) is 1.99. The van der Waals surface area contributed by atoms with Gasteiger partial charge in [-0.25, -0.2) is 4.99 Å². The quantitative estimate of drug-likeness (QED) is 0.366. The van der Waals surface area contributed by atoms with Crippen LogP contribution in [0.5, 0.6) is 0 Å². The Balaban J connectivity index is 1.83. The number of ketones is 1. The van der Waals surface area contributed by atoms with E-state index in [0.717, 1.165) is 39.7 Å². The minimum Gasteiger partial charge on any atom is -0.366 e. The van der Waals surface area contributed by atoms with Crippen molar-refractivity contribution < 1.29 is 4.79 Å². The molecular formula is C22H25N3O. The standard InChI is InChI=1S/C22H25N3O/c1-5-24(4)15-23-21-11-16(2)20(10-17(21)3)22(26)14-25-12-18-8-6-7-9-19(18)13-25/h6-13,15H,5,14H2,1-4H3/b23-15+. The van der Waals surface area contributed by atoms with E-state index in [4.69, 9.17) is 0 Å². The van der Waals surface area contributed by atoms with Gasteiger partial charge in [-0.3, -0.25) is 4.79 Å². The minimum absolute atomic E-state index is 0.118. The molecule has 2 aromatic carbocycles. The maximum absolute atomic E-state index is 12.8. The van der Waals surface area contributed by atoms with E-state index in [1.165, 1.54) is 0 Å². The fourth-order valence-corrected chi connectivity index (χ4v) is 2.97. The molecule has 3 rings (SSSR count). The summed E-state index contributed by atoms with van der Waals surface area (Å²) in [5.74, 6) is 0.118. The van der Waals surface area contributed by atoms with Crippen molar-refractivity contribution >= 4 is 28.6 Å². The highest BCUT2D eigenvalue weighted by atomic mass is 16.1. The Hall–Kier alpha value is -2.88. The number of nitrogens with zero attached hydrogens (tertiary/aromatic N) is 3. The van der Waals surface area contributed by atoms with Crippen LogP contribution < -0.4 is 0 Å². The number of rotatable bonds is 6. The zero-order valence-corrected chi connectivity index (χ0v) is 15.9. The van der Waals surface area contributed by atoms with Crippen molar-refractivity contribution in [1.82, 2.24) is 9.47 Å². The summed E-state index contributed by atoms with van der Waals surface area (Å²) in [6.07, 6.45) is 5.87. The Labute approximate surface area is 154 Å². The van der Waals surface area contributed by atoms with Crippen molar-refractivity contribution in [3.05, 3.63) is 65.5 Å². The molecule has 0 aliphatic carbocycles. The smallest absolute Gasteiger partial charge is 0.182 e. The zero-order valence-electron chi connectivity index (χ0n) is 15.9. The molecule has 1 heterocycles. The van der Waals surface area contributed by atoms with Gasteiger partial charge in [-0.2, -0.15) is 0 Å². The summed E-state index contributed by atoms with van der Waals surface area (Å²) < 4.78 is 1.96. The summed E-state index contributed by atoms with van der Waals surface area (Å²) in [5.41, 5.74) is 3.65. The molecule has 26 heavy (non-hydrogen) atoms. The largest absolute Gasteiger partial charge is 0.366 e. The molecule has 0 N–H and O–H groups in total. The van der Waals surface area contributed by atoms with E-state index < -0.39 is 0 Å².